The highest BCUT2D eigenvalue weighted by atomic mass is 35.5. The van der Waals surface area contributed by atoms with Crippen LogP contribution in [-0.2, 0) is 0 Å². The van der Waals surface area contributed by atoms with Crippen LogP contribution in [0, 0.1) is 6.92 Å². The van der Waals surface area contributed by atoms with Crippen molar-refractivity contribution in [3.8, 4) is 5.75 Å². The Labute approximate surface area is 181 Å². The summed E-state index contributed by atoms with van der Waals surface area (Å²) in [4.78, 5) is 27.2. The van der Waals surface area contributed by atoms with E-state index in [1.54, 1.807) is 30.3 Å². The van der Waals surface area contributed by atoms with E-state index in [1.165, 1.54) is 12.1 Å². The van der Waals surface area contributed by atoms with Crippen LogP contribution >= 0.6 is 11.6 Å². The van der Waals surface area contributed by atoms with E-state index in [0.29, 0.717) is 27.2 Å². The van der Waals surface area contributed by atoms with Gasteiger partial charge in [-0.2, -0.15) is 0 Å². The molecule has 1 aliphatic rings. The van der Waals surface area contributed by atoms with E-state index < -0.39 is 31.0 Å². The lowest BCUT2D eigenvalue weighted by atomic mass is 9.88. The number of aryl methyl sites for hydroxylation is 1. The smallest absolute Gasteiger partial charge is 0.319 e. The molecule has 162 valence electrons. The maximum Gasteiger partial charge on any atom is 0.319 e. The van der Waals surface area contributed by atoms with Crippen LogP contribution in [0.5, 0.6) is 5.75 Å². The molecule has 0 unspecified atom stereocenters. The number of amides is 2. The van der Waals surface area contributed by atoms with Crippen molar-refractivity contribution in [2.75, 3.05) is 18.7 Å². The minimum absolute atomic E-state index is 0.0795. The number of alkyl halides is 2. The number of aromatic nitrogens is 1. The fraction of sp³-hybridized carbons (Fsp3) is 0.273. The minimum Gasteiger partial charge on any atom is -0.481 e. The second kappa shape index (κ2) is 8.19. The Morgan fingerprint density at radius 1 is 1.23 bits per heavy atom. The maximum atomic E-state index is 13.7. The number of urea groups is 1. The number of halogens is 3. The number of hydrogen-bond acceptors (Lipinski definition) is 3. The predicted molar refractivity (Wildman–Crippen MR) is 116 cm³/mol. The summed E-state index contributed by atoms with van der Waals surface area (Å²) in [6, 6.07) is 10.1. The van der Waals surface area contributed by atoms with Crippen LogP contribution in [0.1, 0.15) is 23.6 Å². The van der Waals surface area contributed by atoms with E-state index >= 15 is 0 Å². The van der Waals surface area contributed by atoms with Gasteiger partial charge in [0.15, 0.2) is 5.60 Å². The van der Waals surface area contributed by atoms with Crippen LogP contribution in [-0.4, -0.2) is 30.0 Å². The molecule has 4 rings (SSSR count). The van der Waals surface area contributed by atoms with Crippen molar-refractivity contribution in [2.45, 2.75) is 25.0 Å². The molecule has 0 fully saturated rings. The van der Waals surface area contributed by atoms with Crippen LogP contribution in [0.2, 0.25) is 5.02 Å². The Morgan fingerprint density at radius 2 is 2.00 bits per heavy atom. The van der Waals surface area contributed by atoms with Crippen molar-refractivity contribution in [3.05, 3.63) is 69.0 Å². The molecule has 9 heteroatoms. The van der Waals surface area contributed by atoms with Crippen molar-refractivity contribution in [1.82, 2.24) is 10.3 Å². The third-order valence-electron chi connectivity index (χ3n) is 5.40. The first-order chi connectivity index (χ1) is 14.8. The van der Waals surface area contributed by atoms with Crippen molar-refractivity contribution in [1.29, 1.82) is 0 Å². The zero-order valence-corrected chi connectivity index (χ0v) is 17.4. The molecule has 2 heterocycles. The van der Waals surface area contributed by atoms with Gasteiger partial charge in [0.2, 0.25) is 5.56 Å². The Morgan fingerprint density at radius 3 is 2.74 bits per heavy atom. The number of pyridine rings is 1. The van der Waals surface area contributed by atoms with E-state index in [9.17, 15) is 18.4 Å². The van der Waals surface area contributed by atoms with Gasteiger partial charge in [-0.1, -0.05) is 23.7 Å². The Hall–Kier alpha value is -3.13. The van der Waals surface area contributed by atoms with Gasteiger partial charge in [-0.05, 0) is 36.8 Å². The van der Waals surface area contributed by atoms with Crippen LogP contribution in [0.4, 0.5) is 19.3 Å². The molecule has 0 radical (unpaired) electrons. The zero-order chi connectivity index (χ0) is 22.2. The molecule has 0 spiro atoms. The summed E-state index contributed by atoms with van der Waals surface area (Å²) < 4.78 is 33.0. The Balaban J connectivity index is 1.64. The molecule has 1 atom stereocenters. The summed E-state index contributed by atoms with van der Waals surface area (Å²) in [5.41, 5.74) is 0.528. The average molecular weight is 448 g/mol. The second-order valence-corrected chi connectivity index (χ2v) is 8.07. The van der Waals surface area contributed by atoms with Gasteiger partial charge in [0.25, 0.3) is 0 Å². The first-order valence-electron chi connectivity index (χ1n) is 9.65. The number of fused-ring (bicyclic) bond motifs is 2. The standard InChI is InChI=1S/C22H20ClF2N3O3/c1-12-2-6-16-15(5-7-19(29)26-16)20(12)28-21(30)27-17-9-22(10-24,11-25)31-18-8-13(23)3-4-14(17)18/h2-8,17H,9-11H2,1H3,(H,26,29)(H2,27,28,30)/t17-/m1/s1. The lowest BCUT2D eigenvalue weighted by molar-refractivity contribution is -0.0104. The number of H-pyrrole nitrogens is 1. The molecule has 0 bridgehead atoms. The molecule has 3 aromatic rings. The molecule has 1 aromatic heterocycles. The molecule has 2 aromatic carbocycles. The Bertz CT molecular complexity index is 1210. The summed E-state index contributed by atoms with van der Waals surface area (Å²) >= 11 is 6.01. The number of carbonyl (C=O) groups is 1. The SMILES string of the molecule is Cc1ccc2[nH]c(=O)ccc2c1NC(=O)N[C@@H]1CC(CF)(CF)Oc2cc(Cl)ccc21. The first kappa shape index (κ1) is 21.1. The monoisotopic (exact) mass is 447 g/mol. The van der Waals surface area contributed by atoms with Gasteiger partial charge in [0.1, 0.15) is 19.1 Å². The van der Waals surface area contributed by atoms with Crippen molar-refractivity contribution in [3.63, 3.8) is 0 Å². The lowest BCUT2D eigenvalue weighted by Crippen LogP contribution is -2.49. The second-order valence-electron chi connectivity index (χ2n) is 7.63. The van der Waals surface area contributed by atoms with Gasteiger partial charge in [0, 0.05) is 28.5 Å². The quantitative estimate of drug-likeness (QED) is 0.536. The number of benzene rings is 2. The van der Waals surface area contributed by atoms with Crippen LogP contribution in [0.15, 0.2) is 47.3 Å². The first-order valence-corrected chi connectivity index (χ1v) is 10.0. The molecule has 3 N–H and O–H groups in total. The van der Waals surface area contributed by atoms with E-state index in [1.807, 2.05) is 6.92 Å². The average Bonchev–Trinajstić information content (AvgIpc) is 2.75. The fourth-order valence-electron chi connectivity index (χ4n) is 3.79. The topological polar surface area (TPSA) is 83.2 Å². The molecule has 31 heavy (non-hydrogen) atoms. The van der Waals surface area contributed by atoms with Crippen LogP contribution < -0.4 is 20.9 Å². The summed E-state index contributed by atoms with van der Waals surface area (Å²) in [6.07, 6.45) is -0.0795. The normalized spacial score (nSPS) is 17.0. The summed E-state index contributed by atoms with van der Waals surface area (Å²) in [7, 11) is 0. The number of carbonyl (C=O) groups excluding carboxylic acids is 1. The third kappa shape index (κ3) is 4.07. The highest BCUT2D eigenvalue weighted by Gasteiger charge is 2.42. The zero-order valence-electron chi connectivity index (χ0n) is 16.6. The highest BCUT2D eigenvalue weighted by molar-refractivity contribution is 6.30. The molecule has 1 aliphatic heterocycles. The molecular formula is C22H20ClF2N3O3. The lowest BCUT2D eigenvalue weighted by Gasteiger charge is -2.39. The van der Waals surface area contributed by atoms with Gasteiger partial charge in [-0.15, -0.1) is 0 Å². The molecular weight excluding hydrogens is 428 g/mol. The number of rotatable bonds is 4. The predicted octanol–water partition coefficient (Wildman–Crippen LogP) is 4.81. The number of anilines is 1. The van der Waals surface area contributed by atoms with Crippen LogP contribution in [0.25, 0.3) is 10.9 Å². The van der Waals surface area contributed by atoms with Gasteiger partial charge in [0.05, 0.1) is 17.2 Å². The molecule has 0 aliphatic carbocycles. The minimum atomic E-state index is -1.69. The number of nitrogens with one attached hydrogen (secondary N) is 3. The van der Waals surface area contributed by atoms with Crippen molar-refractivity contribution >= 4 is 34.2 Å². The summed E-state index contributed by atoms with van der Waals surface area (Å²) in [5, 5.41) is 6.61. The number of ether oxygens (including phenoxy) is 1. The maximum absolute atomic E-state index is 13.7. The van der Waals surface area contributed by atoms with E-state index in [-0.39, 0.29) is 17.7 Å². The van der Waals surface area contributed by atoms with Crippen LogP contribution in [0.3, 0.4) is 0 Å². The van der Waals surface area contributed by atoms with Crippen molar-refractivity contribution in [2.24, 2.45) is 0 Å². The van der Waals surface area contributed by atoms with E-state index in [2.05, 4.69) is 15.6 Å². The van der Waals surface area contributed by atoms with E-state index in [0.717, 1.165) is 5.56 Å². The van der Waals surface area contributed by atoms with E-state index in [4.69, 9.17) is 16.3 Å². The Kier molecular flexibility index (Phi) is 5.58. The molecule has 0 saturated heterocycles. The summed E-state index contributed by atoms with van der Waals surface area (Å²) in [5.74, 6) is 0.235. The van der Waals surface area contributed by atoms with Gasteiger partial charge in [-0.25, -0.2) is 13.6 Å². The number of hydrogen-bond donors (Lipinski definition) is 3. The molecule has 6 nitrogen and oxygen atoms in total. The fourth-order valence-corrected chi connectivity index (χ4v) is 3.95. The molecule has 0 saturated carbocycles. The summed E-state index contributed by atoms with van der Waals surface area (Å²) in [6.45, 7) is -0.279. The number of aromatic amines is 1. The van der Waals surface area contributed by atoms with Gasteiger partial charge >= 0.3 is 6.03 Å². The largest absolute Gasteiger partial charge is 0.481 e. The molecule has 2 amide bonds. The highest BCUT2D eigenvalue weighted by Crippen LogP contribution is 2.41. The van der Waals surface area contributed by atoms with Gasteiger partial charge in [-0.3, -0.25) is 4.79 Å². The van der Waals surface area contributed by atoms with Gasteiger partial charge < -0.3 is 20.4 Å². The third-order valence-corrected chi connectivity index (χ3v) is 5.63. The van der Waals surface area contributed by atoms with Crippen molar-refractivity contribution < 1.29 is 18.3 Å².